The van der Waals surface area contributed by atoms with Gasteiger partial charge in [0.15, 0.2) is 0 Å². The third kappa shape index (κ3) is 6.50. The number of nitrogens with one attached hydrogen (secondary N) is 1. The standard InChI is InChI=1S/C22H30N8O3/c31-30(32)19-12-11-18(33-19)10-9-13-23-27-20-24-21(28-14-5-1-2-6-15-28)26-22(25-20)29-16-7-3-4-8-17-29/h9-13H,1-8,14-17H2,(H,24,25,26,27). The Bertz CT molecular complexity index is 936. The lowest BCUT2D eigenvalue weighted by Crippen LogP contribution is -2.30. The summed E-state index contributed by atoms with van der Waals surface area (Å²) in [7, 11) is 0. The molecule has 4 heterocycles. The Morgan fingerprint density at radius 2 is 1.48 bits per heavy atom. The summed E-state index contributed by atoms with van der Waals surface area (Å²) < 4.78 is 5.08. The van der Waals surface area contributed by atoms with Gasteiger partial charge in [0.2, 0.25) is 17.8 Å². The number of hydrazone groups is 1. The molecule has 11 heteroatoms. The van der Waals surface area contributed by atoms with Crippen molar-refractivity contribution in [3.63, 3.8) is 0 Å². The van der Waals surface area contributed by atoms with E-state index >= 15 is 0 Å². The minimum Gasteiger partial charge on any atom is -0.401 e. The summed E-state index contributed by atoms with van der Waals surface area (Å²) in [6.45, 7) is 3.79. The maximum atomic E-state index is 10.7. The molecular formula is C22H30N8O3. The number of rotatable bonds is 7. The van der Waals surface area contributed by atoms with Gasteiger partial charge in [-0.15, -0.1) is 0 Å². The lowest BCUT2D eigenvalue weighted by atomic mass is 10.2. The van der Waals surface area contributed by atoms with Crippen LogP contribution in [0.2, 0.25) is 0 Å². The molecule has 2 aromatic heterocycles. The molecule has 0 saturated carbocycles. The predicted octanol–water partition coefficient (Wildman–Crippen LogP) is 4.24. The van der Waals surface area contributed by atoms with Crippen molar-refractivity contribution in [3.8, 4) is 0 Å². The first-order valence-electron chi connectivity index (χ1n) is 11.6. The summed E-state index contributed by atoms with van der Waals surface area (Å²) in [5.41, 5.74) is 2.91. The van der Waals surface area contributed by atoms with Gasteiger partial charge in [0.1, 0.15) is 10.7 Å². The number of anilines is 3. The van der Waals surface area contributed by atoms with Gasteiger partial charge < -0.3 is 14.2 Å². The van der Waals surface area contributed by atoms with Crippen LogP contribution in [0.3, 0.4) is 0 Å². The first-order valence-corrected chi connectivity index (χ1v) is 11.6. The number of furan rings is 1. The topological polar surface area (TPSA) is 126 Å². The Morgan fingerprint density at radius 3 is 2.00 bits per heavy atom. The number of nitrogens with zero attached hydrogens (tertiary/aromatic N) is 7. The van der Waals surface area contributed by atoms with Crippen LogP contribution < -0.4 is 15.2 Å². The summed E-state index contributed by atoms with van der Waals surface area (Å²) in [5, 5.41) is 14.9. The normalized spacial score (nSPS) is 17.9. The van der Waals surface area contributed by atoms with Gasteiger partial charge in [0, 0.05) is 32.4 Å². The first kappa shape index (κ1) is 22.7. The van der Waals surface area contributed by atoms with E-state index in [0.717, 1.165) is 51.9 Å². The van der Waals surface area contributed by atoms with Crippen LogP contribution in [0, 0.1) is 10.1 Å². The molecule has 33 heavy (non-hydrogen) atoms. The summed E-state index contributed by atoms with van der Waals surface area (Å²) in [4.78, 5) is 28.7. The van der Waals surface area contributed by atoms with Crippen LogP contribution in [-0.4, -0.2) is 52.3 Å². The van der Waals surface area contributed by atoms with Gasteiger partial charge in [0.25, 0.3) is 0 Å². The van der Waals surface area contributed by atoms with E-state index in [0.29, 0.717) is 23.6 Å². The molecule has 0 amide bonds. The molecule has 11 nitrogen and oxygen atoms in total. The molecule has 2 aliphatic rings. The summed E-state index contributed by atoms with van der Waals surface area (Å²) in [6.07, 6.45) is 14.3. The highest BCUT2D eigenvalue weighted by Gasteiger charge is 2.19. The smallest absolute Gasteiger partial charge is 0.401 e. The van der Waals surface area contributed by atoms with Crippen molar-refractivity contribution in [1.82, 2.24) is 15.0 Å². The minimum atomic E-state index is -0.572. The van der Waals surface area contributed by atoms with Crippen LogP contribution in [-0.2, 0) is 0 Å². The Morgan fingerprint density at radius 1 is 0.909 bits per heavy atom. The summed E-state index contributed by atoms with van der Waals surface area (Å²) in [6, 6.07) is 2.84. The number of hydrogen-bond acceptors (Lipinski definition) is 10. The first-order chi connectivity index (χ1) is 16.2. The van der Waals surface area contributed by atoms with E-state index < -0.39 is 4.92 Å². The molecule has 2 fully saturated rings. The third-order valence-electron chi connectivity index (χ3n) is 5.77. The molecule has 2 aromatic rings. The van der Waals surface area contributed by atoms with Crippen LogP contribution in [0.1, 0.15) is 57.1 Å². The molecule has 1 N–H and O–H groups in total. The van der Waals surface area contributed by atoms with Crippen LogP contribution >= 0.6 is 0 Å². The van der Waals surface area contributed by atoms with Gasteiger partial charge in [-0.2, -0.15) is 20.1 Å². The van der Waals surface area contributed by atoms with E-state index in [-0.39, 0.29) is 5.88 Å². The minimum absolute atomic E-state index is 0.294. The van der Waals surface area contributed by atoms with Gasteiger partial charge in [-0.3, -0.25) is 10.1 Å². The van der Waals surface area contributed by atoms with Crippen LogP contribution in [0.5, 0.6) is 0 Å². The molecule has 4 rings (SSSR count). The number of allylic oxidation sites excluding steroid dienone is 1. The van der Waals surface area contributed by atoms with Crippen molar-refractivity contribution >= 4 is 36.0 Å². The Balaban J connectivity index is 1.48. The Hall–Kier alpha value is -3.50. The maximum Gasteiger partial charge on any atom is 0.433 e. The van der Waals surface area contributed by atoms with Crippen molar-refractivity contribution in [2.45, 2.75) is 51.4 Å². The van der Waals surface area contributed by atoms with Crippen LogP contribution in [0.4, 0.5) is 23.7 Å². The molecule has 2 saturated heterocycles. The molecule has 176 valence electrons. The lowest BCUT2D eigenvalue weighted by Gasteiger charge is -2.24. The summed E-state index contributed by atoms with van der Waals surface area (Å²) >= 11 is 0. The molecule has 0 radical (unpaired) electrons. The third-order valence-corrected chi connectivity index (χ3v) is 5.77. The second-order valence-electron chi connectivity index (χ2n) is 8.24. The van der Waals surface area contributed by atoms with E-state index in [9.17, 15) is 10.1 Å². The molecular weight excluding hydrogens is 424 g/mol. The average molecular weight is 455 g/mol. The molecule has 0 bridgehead atoms. The zero-order valence-corrected chi connectivity index (χ0v) is 18.7. The quantitative estimate of drug-likeness (QED) is 0.371. The largest absolute Gasteiger partial charge is 0.433 e. The molecule has 2 aliphatic heterocycles. The van der Waals surface area contributed by atoms with Gasteiger partial charge in [-0.1, -0.05) is 25.7 Å². The monoisotopic (exact) mass is 454 g/mol. The summed E-state index contributed by atoms with van der Waals surface area (Å²) in [5.74, 6) is 1.88. The van der Waals surface area contributed by atoms with Gasteiger partial charge >= 0.3 is 5.88 Å². The van der Waals surface area contributed by atoms with E-state index in [2.05, 4.69) is 30.3 Å². The second-order valence-corrected chi connectivity index (χ2v) is 8.24. The van der Waals surface area contributed by atoms with Crippen LogP contribution in [0.15, 0.2) is 27.7 Å². The number of aromatic nitrogens is 3. The van der Waals surface area contributed by atoms with Crippen molar-refractivity contribution in [3.05, 3.63) is 34.1 Å². The van der Waals surface area contributed by atoms with E-state index in [1.54, 1.807) is 12.2 Å². The SMILES string of the molecule is O=[N+]([O-])c1ccc(C=CC=NNc2nc(N3CCCCCC3)nc(N3CCCCCC3)n2)o1. The Kier molecular flexibility index (Phi) is 7.83. The highest BCUT2D eigenvalue weighted by atomic mass is 16.6. The zero-order valence-electron chi connectivity index (χ0n) is 18.7. The van der Waals surface area contributed by atoms with Crippen molar-refractivity contribution in [2.24, 2.45) is 5.10 Å². The fraction of sp³-hybridized carbons (Fsp3) is 0.545. The zero-order chi connectivity index (χ0) is 22.9. The number of hydrogen-bond donors (Lipinski definition) is 1. The highest BCUT2D eigenvalue weighted by Crippen LogP contribution is 2.22. The second kappa shape index (κ2) is 11.4. The fourth-order valence-electron chi connectivity index (χ4n) is 4.03. The van der Waals surface area contributed by atoms with E-state index in [1.165, 1.54) is 44.0 Å². The van der Waals surface area contributed by atoms with Gasteiger partial charge in [-0.25, -0.2) is 5.43 Å². The fourth-order valence-corrected chi connectivity index (χ4v) is 4.03. The molecule has 0 spiro atoms. The van der Waals surface area contributed by atoms with E-state index in [4.69, 9.17) is 9.40 Å². The van der Waals surface area contributed by atoms with Crippen molar-refractivity contribution < 1.29 is 9.34 Å². The molecule has 0 aromatic carbocycles. The van der Waals surface area contributed by atoms with Gasteiger partial charge in [0.05, 0.1) is 6.07 Å². The number of nitro groups is 1. The highest BCUT2D eigenvalue weighted by molar-refractivity contribution is 5.78. The van der Waals surface area contributed by atoms with Crippen molar-refractivity contribution in [1.29, 1.82) is 0 Å². The Labute approximate surface area is 192 Å². The average Bonchev–Trinajstić information content (AvgIpc) is 3.00. The van der Waals surface area contributed by atoms with Crippen LogP contribution in [0.25, 0.3) is 6.08 Å². The maximum absolute atomic E-state index is 10.7. The molecule has 0 unspecified atom stereocenters. The predicted molar refractivity (Wildman–Crippen MR) is 128 cm³/mol. The molecule has 0 aliphatic carbocycles. The lowest BCUT2D eigenvalue weighted by molar-refractivity contribution is -0.402. The van der Waals surface area contributed by atoms with E-state index in [1.807, 2.05) is 0 Å². The van der Waals surface area contributed by atoms with Crippen molar-refractivity contribution in [2.75, 3.05) is 41.4 Å². The molecule has 0 atom stereocenters. The van der Waals surface area contributed by atoms with Gasteiger partial charge in [-0.05, 0) is 43.9 Å².